The van der Waals surface area contributed by atoms with Crippen LogP contribution in [-0.4, -0.2) is 22.2 Å². The second-order valence-corrected chi connectivity index (χ2v) is 6.18. The highest BCUT2D eigenvalue weighted by Crippen LogP contribution is 2.11. The summed E-state index contributed by atoms with van der Waals surface area (Å²) < 4.78 is 0. The zero-order valence-corrected chi connectivity index (χ0v) is 15.3. The Morgan fingerprint density at radius 2 is 0.826 bits per heavy atom. The Morgan fingerprint density at radius 3 is 1.13 bits per heavy atom. The van der Waals surface area contributed by atoms with Crippen LogP contribution in [-0.2, 0) is 9.59 Å². The lowest BCUT2D eigenvalue weighted by molar-refractivity contribution is -0.138. The zero-order chi connectivity index (χ0) is 17.8. The molecule has 0 aliphatic heterocycles. The van der Waals surface area contributed by atoms with Gasteiger partial charge in [-0.2, -0.15) is 0 Å². The van der Waals surface area contributed by atoms with E-state index in [0.29, 0.717) is 12.8 Å². The van der Waals surface area contributed by atoms with E-state index in [1.165, 1.54) is 57.8 Å². The van der Waals surface area contributed by atoms with Gasteiger partial charge in [0.15, 0.2) is 0 Å². The van der Waals surface area contributed by atoms with E-state index in [4.69, 9.17) is 10.2 Å². The molecule has 0 aromatic carbocycles. The average molecular weight is 331 g/mol. The van der Waals surface area contributed by atoms with Crippen LogP contribution in [0.3, 0.4) is 0 Å². The third kappa shape index (κ3) is 29.6. The van der Waals surface area contributed by atoms with Crippen LogP contribution in [0.15, 0.2) is 0 Å². The van der Waals surface area contributed by atoms with Crippen molar-refractivity contribution in [3.63, 3.8) is 0 Å². The van der Waals surface area contributed by atoms with Crippen molar-refractivity contribution in [2.45, 2.75) is 110 Å². The number of aliphatic carboxylic acids is 2. The molecule has 0 saturated carbocycles. The lowest BCUT2D eigenvalue weighted by Gasteiger charge is -2.01. The number of carboxylic acids is 2. The second kappa shape index (κ2) is 20.9. The van der Waals surface area contributed by atoms with Crippen LogP contribution in [0.2, 0.25) is 0 Å². The topological polar surface area (TPSA) is 74.6 Å². The van der Waals surface area contributed by atoms with Gasteiger partial charge in [0.2, 0.25) is 0 Å². The molecule has 0 heterocycles. The van der Waals surface area contributed by atoms with E-state index in [1.54, 1.807) is 0 Å². The van der Waals surface area contributed by atoms with Crippen molar-refractivity contribution in [1.82, 2.24) is 0 Å². The molecule has 0 bridgehead atoms. The number of carbonyl (C=O) groups is 2. The molecular weight excluding hydrogens is 292 g/mol. The maximum Gasteiger partial charge on any atom is 0.303 e. The van der Waals surface area contributed by atoms with Gasteiger partial charge in [0.25, 0.3) is 0 Å². The van der Waals surface area contributed by atoms with Crippen molar-refractivity contribution in [2.75, 3.05) is 0 Å². The molecule has 0 saturated heterocycles. The standard InChI is InChI=1S/C14H28O2.C5H10O2/c1-2-3-4-5-6-7-8-9-10-11-12-13-14(15)16;1-2-3-4-5(6)7/h2-13H2,1H3,(H,15,16);2-4H2,1H3,(H,6,7). The first-order valence-electron chi connectivity index (χ1n) is 9.48. The molecule has 23 heavy (non-hydrogen) atoms. The van der Waals surface area contributed by atoms with Crippen molar-refractivity contribution in [3.05, 3.63) is 0 Å². The maximum absolute atomic E-state index is 10.3. The molecule has 0 aromatic heterocycles. The lowest BCUT2D eigenvalue weighted by Crippen LogP contribution is -1.93. The Balaban J connectivity index is 0. The van der Waals surface area contributed by atoms with Gasteiger partial charge in [0, 0.05) is 12.8 Å². The molecule has 2 N–H and O–H groups in total. The number of hydrogen-bond donors (Lipinski definition) is 2. The molecule has 0 unspecified atom stereocenters. The second-order valence-electron chi connectivity index (χ2n) is 6.18. The Labute approximate surface area is 142 Å². The van der Waals surface area contributed by atoms with Gasteiger partial charge in [-0.15, -0.1) is 0 Å². The summed E-state index contributed by atoms with van der Waals surface area (Å²) in [4.78, 5) is 20.0. The van der Waals surface area contributed by atoms with Crippen LogP contribution in [0.1, 0.15) is 110 Å². The monoisotopic (exact) mass is 330 g/mol. The predicted molar refractivity (Wildman–Crippen MR) is 95.9 cm³/mol. The summed E-state index contributed by atoms with van der Waals surface area (Å²) >= 11 is 0. The molecule has 0 spiro atoms. The van der Waals surface area contributed by atoms with Crippen molar-refractivity contribution in [2.24, 2.45) is 0 Å². The third-order valence-corrected chi connectivity index (χ3v) is 3.74. The molecule has 138 valence electrons. The molecule has 0 aliphatic carbocycles. The molecular formula is C19H38O4. The average Bonchev–Trinajstić information content (AvgIpc) is 2.51. The van der Waals surface area contributed by atoms with Gasteiger partial charge >= 0.3 is 11.9 Å². The van der Waals surface area contributed by atoms with E-state index in [0.717, 1.165) is 25.7 Å². The van der Waals surface area contributed by atoms with Gasteiger partial charge in [-0.3, -0.25) is 9.59 Å². The molecule has 0 atom stereocenters. The van der Waals surface area contributed by atoms with Gasteiger partial charge in [-0.25, -0.2) is 0 Å². The van der Waals surface area contributed by atoms with E-state index in [-0.39, 0.29) is 0 Å². The summed E-state index contributed by atoms with van der Waals surface area (Å²) in [5, 5.41) is 16.5. The minimum absolute atomic E-state index is 0.316. The summed E-state index contributed by atoms with van der Waals surface area (Å²) in [5.74, 6) is -1.35. The Hall–Kier alpha value is -1.06. The van der Waals surface area contributed by atoms with Crippen LogP contribution in [0.5, 0.6) is 0 Å². The van der Waals surface area contributed by atoms with Crippen LogP contribution in [0.25, 0.3) is 0 Å². The summed E-state index contributed by atoms with van der Waals surface area (Å²) in [6.07, 6.45) is 16.4. The molecule has 0 amide bonds. The van der Waals surface area contributed by atoms with E-state index < -0.39 is 11.9 Å². The fourth-order valence-corrected chi connectivity index (χ4v) is 2.27. The van der Waals surface area contributed by atoms with Crippen molar-refractivity contribution in [1.29, 1.82) is 0 Å². The quantitative estimate of drug-likeness (QED) is 0.359. The molecule has 4 nitrogen and oxygen atoms in total. The number of unbranched alkanes of at least 4 members (excludes halogenated alkanes) is 11. The molecule has 0 fully saturated rings. The molecule has 0 rings (SSSR count). The summed E-state index contributed by atoms with van der Waals surface area (Å²) in [5.41, 5.74) is 0. The van der Waals surface area contributed by atoms with Gasteiger partial charge in [0.1, 0.15) is 0 Å². The van der Waals surface area contributed by atoms with E-state index in [2.05, 4.69) is 6.92 Å². The Bertz CT molecular complexity index is 264. The largest absolute Gasteiger partial charge is 0.481 e. The van der Waals surface area contributed by atoms with E-state index in [1.807, 2.05) is 6.92 Å². The SMILES string of the molecule is CCCCC(=O)O.CCCCCCCCCCCCCC(=O)O. The highest BCUT2D eigenvalue weighted by Gasteiger charge is 1.96. The van der Waals surface area contributed by atoms with Gasteiger partial charge in [-0.05, 0) is 12.8 Å². The molecule has 4 heteroatoms. The molecule has 0 aromatic rings. The van der Waals surface area contributed by atoms with E-state index in [9.17, 15) is 9.59 Å². The van der Waals surface area contributed by atoms with E-state index >= 15 is 0 Å². The number of rotatable bonds is 15. The van der Waals surface area contributed by atoms with Crippen molar-refractivity contribution in [3.8, 4) is 0 Å². The van der Waals surface area contributed by atoms with Gasteiger partial charge in [-0.1, -0.05) is 84.5 Å². The van der Waals surface area contributed by atoms with Crippen LogP contribution < -0.4 is 0 Å². The highest BCUT2D eigenvalue weighted by atomic mass is 16.4. The third-order valence-electron chi connectivity index (χ3n) is 3.74. The lowest BCUT2D eigenvalue weighted by atomic mass is 10.1. The van der Waals surface area contributed by atoms with Crippen molar-refractivity contribution < 1.29 is 19.8 Å². The maximum atomic E-state index is 10.3. The van der Waals surface area contributed by atoms with Crippen LogP contribution >= 0.6 is 0 Å². The van der Waals surface area contributed by atoms with Crippen molar-refractivity contribution >= 4 is 11.9 Å². The number of carboxylic acid groups (broad SMARTS) is 2. The van der Waals surface area contributed by atoms with Gasteiger partial charge < -0.3 is 10.2 Å². The minimum atomic E-state index is -0.693. The minimum Gasteiger partial charge on any atom is -0.481 e. The summed E-state index contributed by atoms with van der Waals surface area (Å²) in [6.45, 7) is 4.22. The Kier molecular flexibility index (Phi) is 22.0. The summed E-state index contributed by atoms with van der Waals surface area (Å²) in [6, 6.07) is 0. The first-order valence-corrected chi connectivity index (χ1v) is 9.48. The normalized spacial score (nSPS) is 10.0. The first kappa shape index (κ1) is 24.2. The first-order chi connectivity index (χ1) is 11.0. The fraction of sp³-hybridized carbons (Fsp3) is 0.895. The smallest absolute Gasteiger partial charge is 0.303 e. The summed E-state index contributed by atoms with van der Waals surface area (Å²) in [7, 11) is 0. The molecule has 0 aliphatic rings. The number of hydrogen-bond acceptors (Lipinski definition) is 2. The Morgan fingerprint density at radius 1 is 0.522 bits per heavy atom. The van der Waals surface area contributed by atoms with Crippen LogP contribution in [0.4, 0.5) is 0 Å². The fourth-order valence-electron chi connectivity index (χ4n) is 2.27. The predicted octanol–water partition coefficient (Wildman–Crippen LogP) is 6.03. The molecule has 0 radical (unpaired) electrons. The highest BCUT2D eigenvalue weighted by molar-refractivity contribution is 5.66. The van der Waals surface area contributed by atoms with Crippen LogP contribution in [0, 0.1) is 0 Å². The zero-order valence-electron chi connectivity index (χ0n) is 15.3. The van der Waals surface area contributed by atoms with Gasteiger partial charge in [0.05, 0.1) is 0 Å².